The molecule has 0 radical (unpaired) electrons. The molecule has 2 aromatic carbocycles. The predicted molar refractivity (Wildman–Crippen MR) is 99.7 cm³/mol. The molecule has 142 valence electrons. The summed E-state index contributed by atoms with van der Waals surface area (Å²) in [5, 5.41) is 0. The van der Waals surface area contributed by atoms with Gasteiger partial charge in [0.15, 0.2) is 0 Å². The van der Waals surface area contributed by atoms with Gasteiger partial charge in [-0.2, -0.15) is 0 Å². The Morgan fingerprint density at radius 1 is 0.500 bits per heavy atom. The summed E-state index contributed by atoms with van der Waals surface area (Å²) in [7, 11) is 9.68. The Balaban J connectivity index is 2.71. The van der Waals surface area contributed by atoms with E-state index in [0.717, 1.165) is 11.1 Å². The first-order chi connectivity index (χ1) is 12.5. The fourth-order valence-corrected chi connectivity index (χ4v) is 3.06. The van der Waals surface area contributed by atoms with Gasteiger partial charge in [0.25, 0.3) is 0 Å². The Labute approximate surface area is 154 Å². The maximum atomic E-state index is 5.60. The molecule has 0 heterocycles. The molecule has 0 N–H and O–H groups in total. The average molecular weight is 362 g/mol. The highest BCUT2D eigenvalue weighted by Gasteiger charge is 2.26. The second-order valence-electron chi connectivity index (χ2n) is 5.61. The van der Waals surface area contributed by atoms with Crippen molar-refractivity contribution in [3.63, 3.8) is 0 Å². The van der Waals surface area contributed by atoms with E-state index in [1.165, 1.54) is 0 Å². The lowest BCUT2D eigenvalue weighted by Gasteiger charge is -2.24. The second-order valence-corrected chi connectivity index (χ2v) is 5.61. The Morgan fingerprint density at radius 2 is 0.769 bits per heavy atom. The zero-order valence-electron chi connectivity index (χ0n) is 16.3. The molecule has 2 rings (SSSR count). The minimum absolute atomic E-state index is 0.137. The van der Waals surface area contributed by atoms with E-state index < -0.39 is 0 Å². The topological polar surface area (TPSA) is 55.4 Å². The van der Waals surface area contributed by atoms with Crippen LogP contribution in [0.1, 0.15) is 24.0 Å². The van der Waals surface area contributed by atoms with Crippen molar-refractivity contribution in [1.29, 1.82) is 0 Å². The summed E-state index contributed by atoms with van der Waals surface area (Å²) in [5.41, 5.74) is 1.75. The van der Waals surface area contributed by atoms with Crippen LogP contribution in [0.25, 0.3) is 0 Å². The smallest absolute Gasteiger partial charge is 0.130 e. The zero-order chi connectivity index (χ0) is 19.3. The molecule has 0 aliphatic rings. The van der Waals surface area contributed by atoms with Crippen molar-refractivity contribution >= 4 is 0 Å². The molecule has 0 aliphatic heterocycles. The maximum Gasteiger partial charge on any atom is 0.130 e. The first-order valence-electron chi connectivity index (χ1n) is 8.14. The second kappa shape index (κ2) is 8.56. The van der Waals surface area contributed by atoms with Gasteiger partial charge in [-0.15, -0.1) is 0 Å². The summed E-state index contributed by atoms with van der Waals surface area (Å²) >= 11 is 0. The number of hydrogen-bond acceptors (Lipinski definition) is 6. The van der Waals surface area contributed by atoms with Gasteiger partial charge >= 0.3 is 0 Å². The number of ether oxygens (including phenoxy) is 6. The summed E-state index contributed by atoms with van der Waals surface area (Å²) in [5.74, 6) is 3.82. The Bertz CT molecular complexity index is 642. The van der Waals surface area contributed by atoms with Crippen LogP contribution in [0.2, 0.25) is 0 Å². The number of methoxy groups -OCH3 is 6. The van der Waals surface area contributed by atoms with Crippen molar-refractivity contribution in [2.75, 3.05) is 42.7 Å². The molecule has 26 heavy (non-hydrogen) atoms. The van der Waals surface area contributed by atoms with Crippen LogP contribution in [-0.4, -0.2) is 42.7 Å². The zero-order valence-corrected chi connectivity index (χ0v) is 16.3. The van der Waals surface area contributed by atoms with Gasteiger partial charge in [-0.25, -0.2) is 0 Å². The molecule has 0 bridgehead atoms. The van der Waals surface area contributed by atoms with E-state index in [2.05, 4.69) is 0 Å². The molecule has 6 heteroatoms. The minimum atomic E-state index is -0.137. The molecule has 0 unspecified atom stereocenters. The highest BCUT2D eigenvalue weighted by atomic mass is 16.5. The van der Waals surface area contributed by atoms with Gasteiger partial charge in [-0.1, -0.05) is 6.92 Å². The van der Waals surface area contributed by atoms with Gasteiger partial charge in [-0.3, -0.25) is 0 Å². The molecule has 0 fully saturated rings. The van der Waals surface area contributed by atoms with E-state index in [0.29, 0.717) is 34.5 Å². The Kier molecular flexibility index (Phi) is 6.44. The third kappa shape index (κ3) is 3.59. The molecule has 0 saturated carbocycles. The monoisotopic (exact) mass is 362 g/mol. The minimum Gasteiger partial charge on any atom is -0.496 e. The van der Waals surface area contributed by atoms with Gasteiger partial charge in [-0.05, 0) is 0 Å². The maximum absolute atomic E-state index is 5.60. The third-order valence-electron chi connectivity index (χ3n) is 4.37. The summed E-state index contributed by atoms with van der Waals surface area (Å²) in [6.07, 6.45) is 0. The summed E-state index contributed by atoms with van der Waals surface area (Å²) in [6, 6.07) is 7.32. The van der Waals surface area contributed by atoms with Crippen LogP contribution in [-0.2, 0) is 0 Å². The molecular formula is C20H26O6. The van der Waals surface area contributed by atoms with Crippen LogP contribution < -0.4 is 28.4 Å². The lowest BCUT2D eigenvalue weighted by molar-refractivity contribution is 0.357. The first kappa shape index (κ1) is 19.6. The van der Waals surface area contributed by atoms with Crippen LogP contribution in [0, 0.1) is 0 Å². The van der Waals surface area contributed by atoms with Crippen molar-refractivity contribution in [3.8, 4) is 34.5 Å². The van der Waals surface area contributed by atoms with E-state index in [4.69, 9.17) is 28.4 Å². The Hall–Kier alpha value is -2.76. The first-order valence-corrected chi connectivity index (χ1v) is 8.14. The summed E-state index contributed by atoms with van der Waals surface area (Å²) in [6.45, 7) is 2.04. The average Bonchev–Trinajstić information content (AvgIpc) is 2.70. The van der Waals surface area contributed by atoms with E-state index >= 15 is 0 Å². The standard InChI is InChI=1S/C20H26O6/c1-12(19-15(23-4)8-13(21-2)9-16(19)24-5)20-17(25-6)10-14(22-3)11-18(20)26-7/h8-12H,1-7H3. The SMILES string of the molecule is COc1cc(OC)c(C(C)c2c(OC)cc(OC)cc2OC)c(OC)c1. The normalized spacial score (nSPS) is 10.5. The van der Waals surface area contributed by atoms with Crippen molar-refractivity contribution in [1.82, 2.24) is 0 Å². The van der Waals surface area contributed by atoms with Crippen molar-refractivity contribution in [2.45, 2.75) is 12.8 Å². The molecule has 6 nitrogen and oxygen atoms in total. The number of benzene rings is 2. The quantitative estimate of drug-likeness (QED) is 0.710. The van der Waals surface area contributed by atoms with Gasteiger partial charge in [0, 0.05) is 41.3 Å². The van der Waals surface area contributed by atoms with E-state index in [-0.39, 0.29) is 5.92 Å². The molecule has 0 aromatic heterocycles. The van der Waals surface area contributed by atoms with Crippen LogP contribution in [0.4, 0.5) is 0 Å². The van der Waals surface area contributed by atoms with Gasteiger partial charge in [0.2, 0.25) is 0 Å². The Morgan fingerprint density at radius 3 is 0.962 bits per heavy atom. The summed E-state index contributed by atoms with van der Waals surface area (Å²) in [4.78, 5) is 0. The van der Waals surface area contributed by atoms with Crippen LogP contribution >= 0.6 is 0 Å². The third-order valence-corrected chi connectivity index (χ3v) is 4.37. The van der Waals surface area contributed by atoms with E-state index in [9.17, 15) is 0 Å². The fraction of sp³-hybridized carbons (Fsp3) is 0.400. The predicted octanol–water partition coefficient (Wildman–Crippen LogP) is 3.89. The lowest BCUT2D eigenvalue weighted by atomic mass is 9.89. The van der Waals surface area contributed by atoms with Gasteiger partial charge in [0.05, 0.1) is 42.7 Å². The highest BCUT2D eigenvalue weighted by Crippen LogP contribution is 2.47. The van der Waals surface area contributed by atoms with Gasteiger partial charge in [0.1, 0.15) is 34.5 Å². The molecule has 0 spiro atoms. The van der Waals surface area contributed by atoms with E-state index in [1.807, 2.05) is 31.2 Å². The summed E-state index contributed by atoms with van der Waals surface area (Å²) < 4.78 is 33.1. The lowest BCUT2D eigenvalue weighted by Crippen LogP contribution is -2.07. The van der Waals surface area contributed by atoms with E-state index in [1.54, 1.807) is 42.7 Å². The van der Waals surface area contributed by atoms with Crippen molar-refractivity contribution < 1.29 is 28.4 Å². The van der Waals surface area contributed by atoms with Crippen LogP contribution in [0.3, 0.4) is 0 Å². The fourth-order valence-electron chi connectivity index (χ4n) is 3.06. The molecule has 0 atom stereocenters. The number of hydrogen-bond donors (Lipinski definition) is 0. The van der Waals surface area contributed by atoms with Crippen LogP contribution in [0.15, 0.2) is 24.3 Å². The molecular weight excluding hydrogens is 336 g/mol. The molecule has 0 aliphatic carbocycles. The molecule has 2 aromatic rings. The van der Waals surface area contributed by atoms with Gasteiger partial charge < -0.3 is 28.4 Å². The largest absolute Gasteiger partial charge is 0.496 e. The molecule has 0 saturated heterocycles. The van der Waals surface area contributed by atoms with Crippen molar-refractivity contribution in [3.05, 3.63) is 35.4 Å². The van der Waals surface area contributed by atoms with Crippen LogP contribution in [0.5, 0.6) is 34.5 Å². The molecule has 0 amide bonds. The highest BCUT2D eigenvalue weighted by molar-refractivity contribution is 5.60. The number of rotatable bonds is 8. The van der Waals surface area contributed by atoms with Crippen molar-refractivity contribution in [2.24, 2.45) is 0 Å².